The summed E-state index contributed by atoms with van der Waals surface area (Å²) in [4.78, 5) is 0. The van der Waals surface area contributed by atoms with Crippen LogP contribution in [0.2, 0.25) is 58.9 Å². The number of hydrogen-bond donors (Lipinski definition) is 0. The summed E-state index contributed by atoms with van der Waals surface area (Å²) in [5.41, 5.74) is 1.89. The van der Waals surface area contributed by atoms with Gasteiger partial charge in [0.05, 0.1) is 6.10 Å². The molecule has 0 aromatic carbocycles. The van der Waals surface area contributed by atoms with E-state index in [1.54, 1.807) is 0 Å². The van der Waals surface area contributed by atoms with Crippen molar-refractivity contribution in [1.29, 1.82) is 0 Å². The fourth-order valence-electron chi connectivity index (χ4n) is 7.45. The summed E-state index contributed by atoms with van der Waals surface area (Å²) in [5, 5.41) is 0. The van der Waals surface area contributed by atoms with Crippen molar-refractivity contribution in [2.75, 3.05) is 0 Å². The van der Waals surface area contributed by atoms with Crippen LogP contribution in [0.15, 0.2) is 23.2 Å². The summed E-state index contributed by atoms with van der Waals surface area (Å²) in [7, 11) is -4.91. The van der Waals surface area contributed by atoms with E-state index in [0.717, 1.165) is 29.9 Å². The van der Waals surface area contributed by atoms with Crippen molar-refractivity contribution in [3.63, 3.8) is 0 Å². The lowest BCUT2D eigenvalue weighted by atomic mass is 9.53. The fraction of sp³-hybridized carbons (Fsp3) is 0.852. The molecule has 4 rings (SSSR count). The van der Waals surface area contributed by atoms with Crippen LogP contribution in [-0.2, 0) is 13.3 Å². The van der Waals surface area contributed by atoms with E-state index in [-0.39, 0.29) is 0 Å². The van der Waals surface area contributed by atoms with E-state index in [4.69, 9.17) is 13.3 Å². The first-order chi connectivity index (χ1) is 15.1. The third-order valence-corrected chi connectivity index (χ3v) is 11.1. The molecule has 0 N–H and O–H groups in total. The van der Waals surface area contributed by atoms with E-state index in [1.165, 1.54) is 49.9 Å². The monoisotopic (exact) mass is 506 g/mol. The lowest BCUT2D eigenvalue weighted by molar-refractivity contribution is -0.0399. The lowest BCUT2D eigenvalue weighted by Gasteiger charge is -2.54. The van der Waals surface area contributed by atoms with Gasteiger partial charge in [0.1, 0.15) is 11.5 Å². The Bertz CT molecular complexity index is 814. The van der Waals surface area contributed by atoms with Gasteiger partial charge >= 0.3 is 0 Å². The Morgan fingerprint density at radius 3 is 2.06 bits per heavy atom. The molecule has 0 amide bonds. The molecule has 6 unspecified atom stereocenters. The van der Waals surface area contributed by atoms with E-state index >= 15 is 0 Å². The van der Waals surface area contributed by atoms with Crippen LogP contribution in [0.4, 0.5) is 0 Å². The summed E-state index contributed by atoms with van der Waals surface area (Å²) < 4.78 is 20.2. The van der Waals surface area contributed by atoms with Crippen molar-refractivity contribution in [1.82, 2.24) is 0 Å². The van der Waals surface area contributed by atoms with Gasteiger partial charge in [-0.25, -0.2) is 0 Å². The molecule has 2 saturated carbocycles. The van der Waals surface area contributed by atoms with Crippen LogP contribution in [0.3, 0.4) is 0 Å². The van der Waals surface area contributed by atoms with Crippen molar-refractivity contribution in [3.8, 4) is 0 Å². The molecule has 6 heteroatoms. The second-order valence-electron chi connectivity index (χ2n) is 14.5. The Hall–Kier alpha value is -0.309. The molecule has 6 atom stereocenters. The molecule has 0 spiro atoms. The van der Waals surface area contributed by atoms with Crippen molar-refractivity contribution >= 4 is 25.0 Å². The van der Waals surface area contributed by atoms with E-state index in [0.29, 0.717) is 17.4 Å². The topological polar surface area (TPSA) is 27.7 Å². The Kier molecular flexibility index (Phi) is 6.77. The van der Waals surface area contributed by atoms with Gasteiger partial charge in [-0.3, -0.25) is 0 Å². The molecule has 188 valence electrons. The molecule has 3 nitrogen and oxygen atoms in total. The fourth-order valence-corrected chi connectivity index (χ4v) is 10.5. The molecule has 33 heavy (non-hydrogen) atoms. The van der Waals surface area contributed by atoms with E-state index < -0.39 is 25.0 Å². The highest BCUT2D eigenvalue weighted by Crippen LogP contribution is 2.62. The molecule has 4 aliphatic carbocycles. The standard InChI is InChI=1S/C27H50O3Si3/c1-27-18-17-20-19-13-15-24(28-31(2,3)4)26(30-33(8,9)10)22(19)12-11-21(20)23(27)14-16-25(27)29-32(5,6)7/h12,19-21,23,25H,11,13-18H2,1-10H3. The third-order valence-electron chi connectivity index (χ3n) is 8.46. The van der Waals surface area contributed by atoms with Gasteiger partial charge in [0.2, 0.25) is 16.6 Å². The zero-order chi connectivity index (χ0) is 24.4. The second kappa shape index (κ2) is 8.67. The molecule has 0 saturated heterocycles. The Balaban J connectivity index is 1.63. The maximum absolute atomic E-state index is 6.80. The first kappa shape index (κ1) is 25.8. The predicted octanol–water partition coefficient (Wildman–Crippen LogP) is 8.30. The van der Waals surface area contributed by atoms with E-state index in [9.17, 15) is 0 Å². The number of rotatable bonds is 6. The van der Waals surface area contributed by atoms with Gasteiger partial charge in [0, 0.05) is 6.42 Å². The van der Waals surface area contributed by atoms with Crippen molar-refractivity contribution < 1.29 is 13.3 Å². The molecule has 0 aliphatic heterocycles. The zero-order valence-corrected chi connectivity index (χ0v) is 26.1. The molecule has 2 fully saturated rings. The quantitative estimate of drug-likeness (QED) is 0.339. The molecule has 0 heterocycles. The second-order valence-corrected chi connectivity index (χ2v) is 27.8. The minimum absolute atomic E-state index is 0.376. The Labute approximate surface area is 207 Å². The smallest absolute Gasteiger partial charge is 0.242 e. The average molecular weight is 507 g/mol. The molecule has 0 bridgehead atoms. The predicted molar refractivity (Wildman–Crippen MR) is 147 cm³/mol. The third kappa shape index (κ3) is 5.44. The SMILES string of the molecule is CC12CCC3C4CCC(O[Si](C)(C)C)=C(O[Si](C)(C)C)C4=CCC3C1CCC2O[Si](C)(C)C. The minimum atomic E-state index is -1.72. The van der Waals surface area contributed by atoms with Crippen LogP contribution in [0.5, 0.6) is 0 Å². The Morgan fingerprint density at radius 2 is 1.45 bits per heavy atom. The largest absolute Gasteiger partial charge is 0.545 e. The van der Waals surface area contributed by atoms with E-state index in [2.05, 4.69) is 71.9 Å². The van der Waals surface area contributed by atoms with Crippen molar-refractivity contribution in [2.45, 2.75) is 117 Å². The highest BCUT2D eigenvalue weighted by molar-refractivity contribution is 6.70. The first-order valence-corrected chi connectivity index (χ1v) is 23.8. The molecular formula is C27H50O3Si3. The minimum Gasteiger partial charge on any atom is -0.545 e. The summed E-state index contributed by atoms with van der Waals surface area (Å²) >= 11 is 0. The van der Waals surface area contributed by atoms with Crippen LogP contribution in [-0.4, -0.2) is 31.1 Å². The van der Waals surface area contributed by atoms with Gasteiger partial charge in [0.25, 0.3) is 0 Å². The zero-order valence-electron chi connectivity index (χ0n) is 23.1. The van der Waals surface area contributed by atoms with Gasteiger partial charge < -0.3 is 13.3 Å². The maximum atomic E-state index is 6.80. The van der Waals surface area contributed by atoms with E-state index in [1.807, 2.05) is 0 Å². The normalized spacial score (nSPS) is 37.2. The number of allylic oxidation sites excluding steroid dienone is 3. The van der Waals surface area contributed by atoms with Crippen LogP contribution in [0.25, 0.3) is 0 Å². The van der Waals surface area contributed by atoms with Gasteiger partial charge in [-0.1, -0.05) is 13.0 Å². The molecule has 0 radical (unpaired) electrons. The van der Waals surface area contributed by atoms with Crippen molar-refractivity contribution in [3.05, 3.63) is 23.2 Å². The summed E-state index contributed by atoms with van der Waals surface area (Å²) in [6.07, 6.45) is 11.9. The average Bonchev–Trinajstić information content (AvgIpc) is 2.96. The molecule has 0 aromatic heterocycles. The van der Waals surface area contributed by atoms with Crippen LogP contribution >= 0.6 is 0 Å². The molecular weight excluding hydrogens is 457 g/mol. The van der Waals surface area contributed by atoms with Crippen LogP contribution < -0.4 is 0 Å². The maximum Gasteiger partial charge on any atom is 0.242 e. The van der Waals surface area contributed by atoms with Crippen molar-refractivity contribution in [2.24, 2.45) is 29.1 Å². The molecule has 0 aromatic rings. The first-order valence-electron chi connectivity index (χ1n) is 13.6. The van der Waals surface area contributed by atoms with Crippen LogP contribution in [0, 0.1) is 29.1 Å². The molecule has 4 aliphatic rings. The highest BCUT2D eigenvalue weighted by atomic mass is 28.4. The summed E-state index contributed by atoms with van der Waals surface area (Å²) in [6, 6.07) is 0. The van der Waals surface area contributed by atoms with Gasteiger partial charge in [-0.2, -0.15) is 0 Å². The Morgan fingerprint density at radius 1 is 0.788 bits per heavy atom. The van der Waals surface area contributed by atoms with Gasteiger partial charge in [-0.05, 0) is 132 Å². The summed E-state index contributed by atoms with van der Waals surface area (Å²) in [6.45, 7) is 23.5. The number of fused-ring (bicyclic) bond motifs is 5. The summed E-state index contributed by atoms with van der Waals surface area (Å²) in [5.74, 6) is 5.43. The van der Waals surface area contributed by atoms with Gasteiger partial charge in [0.15, 0.2) is 8.32 Å². The highest BCUT2D eigenvalue weighted by Gasteiger charge is 2.57. The number of hydrogen-bond acceptors (Lipinski definition) is 3. The lowest BCUT2D eigenvalue weighted by Crippen LogP contribution is -2.49. The van der Waals surface area contributed by atoms with Crippen LogP contribution in [0.1, 0.15) is 51.9 Å². The van der Waals surface area contributed by atoms with Gasteiger partial charge in [-0.15, -0.1) is 0 Å².